The van der Waals surface area contributed by atoms with Crippen molar-refractivity contribution >= 4 is 5.65 Å². The number of aromatic nitrogens is 3. The van der Waals surface area contributed by atoms with Crippen LogP contribution in [0.4, 0.5) is 13.2 Å². The first-order valence-electron chi connectivity index (χ1n) is 10.2. The Bertz CT molecular complexity index is 1080. The van der Waals surface area contributed by atoms with Gasteiger partial charge in [0.05, 0.1) is 6.61 Å². The van der Waals surface area contributed by atoms with Gasteiger partial charge in [-0.05, 0) is 55.7 Å². The Labute approximate surface area is 171 Å². The molecule has 0 N–H and O–H groups in total. The summed E-state index contributed by atoms with van der Waals surface area (Å²) in [6.45, 7) is 2.39. The van der Waals surface area contributed by atoms with Crippen LogP contribution in [0.25, 0.3) is 5.65 Å². The number of aryl methyl sites for hydroxylation is 1. The fourth-order valence-electron chi connectivity index (χ4n) is 4.00. The second kappa shape index (κ2) is 7.18. The van der Waals surface area contributed by atoms with Crippen molar-refractivity contribution in [1.82, 2.24) is 14.6 Å². The van der Waals surface area contributed by atoms with Crippen molar-refractivity contribution in [1.29, 1.82) is 0 Å². The highest BCUT2D eigenvalue weighted by Gasteiger charge is 2.42. The summed E-state index contributed by atoms with van der Waals surface area (Å²) in [6, 6.07) is 8.26. The van der Waals surface area contributed by atoms with Crippen LogP contribution in [-0.2, 0) is 6.42 Å². The van der Waals surface area contributed by atoms with Crippen molar-refractivity contribution < 1.29 is 22.6 Å². The molecule has 5 nitrogen and oxygen atoms in total. The van der Waals surface area contributed by atoms with E-state index in [-0.39, 0.29) is 17.6 Å². The van der Waals surface area contributed by atoms with E-state index in [9.17, 15) is 13.2 Å². The first-order chi connectivity index (χ1) is 14.4. The molecule has 8 heteroatoms. The van der Waals surface area contributed by atoms with Crippen molar-refractivity contribution in [2.45, 2.75) is 44.9 Å². The number of halogens is 3. The third kappa shape index (κ3) is 3.95. The maximum atomic E-state index is 12.7. The fraction of sp³-hybridized carbons (Fsp3) is 0.455. The smallest absolute Gasteiger partial charge is 0.493 e. The van der Waals surface area contributed by atoms with Crippen LogP contribution in [-0.4, -0.2) is 27.6 Å². The molecule has 2 aliphatic carbocycles. The molecule has 0 amide bonds. The minimum absolute atomic E-state index is 0.00539. The van der Waals surface area contributed by atoms with Gasteiger partial charge in [0.15, 0.2) is 5.65 Å². The van der Waals surface area contributed by atoms with E-state index in [0.717, 1.165) is 41.5 Å². The van der Waals surface area contributed by atoms with Gasteiger partial charge in [-0.2, -0.15) is 0 Å². The summed E-state index contributed by atoms with van der Waals surface area (Å²) in [5.41, 5.74) is 2.29. The molecule has 30 heavy (non-hydrogen) atoms. The van der Waals surface area contributed by atoms with E-state index in [1.165, 1.54) is 18.9 Å². The van der Waals surface area contributed by atoms with Gasteiger partial charge < -0.3 is 9.47 Å². The number of fused-ring (bicyclic) bond motifs is 1. The Hall–Kier alpha value is -2.77. The van der Waals surface area contributed by atoms with Crippen molar-refractivity contribution in [3.63, 3.8) is 0 Å². The summed E-state index contributed by atoms with van der Waals surface area (Å²) >= 11 is 0. The van der Waals surface area contributed by atoms with E-state index in [1.807, 2.05) is 23.6 Å². The Morgan fingerprint density at radius 3 is 2.67 bits per heavy atom. The van der Waals surface area contributed by atoms with Gasteiger partial charge in [-0.1, -0.05) is 18.2 Å². The Kier molecular flexibility index (Phi) is 4.60. The third-order valence-electron chi connectivity index (χ3n) is 5.93. The molecule has 1 aromatic carbocycles. The van der Waals surface area contributed by atoms with E-state index in [1.54, 1.807) is 18.2 Å². The summed E-state index contributed by atoms with van der Waals surface area (Å²) in [5, 5.41) is 8.65. The van der Waals surface area contributed by atoms with Gasteiger partial charge in [0.25, 0.3) is 0 Å². The zero-order valence-corrected chi connectivity index (χ0v) is 16.5. The molecule has 2 fully saturated rings. The van der Waals surface area contributed by atoms with Crippen LogP contribution in [0.1, 0.15) is 42.1 Å². The zero-order valence-electron chi connectivity index (χ0n) is 16.5. The highest BCUT2D eigenvalue weighted by molar-refractivity contribution is 5.54. The predicted octanol–water partition coefficient (Wildman–Crippen LogP) is 5.07. The van der Waals surface area contributed by atoms with Crippen LogP contribution in [0.5, 0.6) is 11.5 Å². The van der Waals surface area contributed by atoms with Crippen molar-refractivity contribution in [2.24, 2.45) is 11.8 Å². The average molecular weight is 417 g/mol. The third-order valence-corrected chi connectivity index (χ3v) is 5.93. The van der Waals surface area contributed by atoms with Gasteiger partial charge in [0, 0.05) is 24.1 Å². The van der Waals surface area contributed by atoms with Gasteiger partial charge in [0.2, 0.25) is 0 Å². The Morgan fingerprint density at radius 1 is 1.10 bits per heavy atom. The van der Waals surface area contributed by atoms with Crippen molar-refractivity contribution in [3.05, 3.63) is 53.5 Å². The first kappa shape index (κ1) is 19.2. The normalized spacial score (nSPS) is 21.1. The van der Waals surface area contributed by atoms with Crippen molar-refractivity contribution in [3.8, 4) is 11.5 Å². The maximum Gasteiger partial charge on any atom is 0.573 e. The lowest BCUT2D eigenvalue weighted by molar-refractivity contribution is -0.274. The lowest BCUT2D eigenvalue weighted by Crippen LogP contribution is -2.18. The molecule has 0 bridgehead atoms. The van der Waals surface area contributed by atoms with Gasteiger partial charge in [-0.15, -0.1) is 23.4 Å². The molecule has 0 radical (unpaired) electrons. The number of rotatable bonds is 7. The number of hydrogen-bond acceptors (Lipinski definition) is 4. The summed E-state index contributed by atoms with van der Waals surface area (Å²) < 4.78 is 50.2. The Morgan fingerprint density at radius 2 is 1.90 bits per heavy atom. The summed E-state index contributed by atoms with van der Waals surface area (Å²) in [4.78, 5) is 0. The van der Waals surface area contributed by atoms with Crippen LogP contribution in [0.2, 0.25) is 0 Å². The second-order valence-electron chi connectivity index (χ2n) is 8.26. The Balaban J connectivity index is 1.26. The molecule has 2 saturated carbocycles. The molecule has 0 aliphatic heterocycles. The molecular formula is C22H22F3N3O2. The first-order valence-corrected chi connectivity index (χ1v) is 10.2. The quantitative estimate of drug-likeness (QED) is 0.539. The molecule has 2 aromatic heterocycles. The molecular weight excluding hydrogens is 395 g/mol. The highest BCUT2D eigenvalue weighted by atomic mass is 19.4. The predicted molar refractivity (Wildman–Crippen MR) is 104 cm³/mol. The number of pyridine rings is 1. The number of nitrogens with zero attached hydrogens (tertiary/aromatic N) is 3. The molecule has 5 rings (SSSR count). The number of benzene rings is 1. The number of hydrogen-bond donors (Lipinski definition) is 0. The van der Waals surface area contributed by atoms with Crippen molar-refractivity contribution in [2.75, 3.05) is 6.61 Å². The second-order valence-corrected chi connectivity index (χ2v) is 8.26. The molecule has 2 heterocycles. The van der Waals surface area contributed by atoms with Crippen LogP contribution in [0.3, 0.4) is 0 Å². The van der Waals surface area contributed by atoms with Gasteiger partial charge in [-0.3, -0.25) is 4.40 Å². The molecule has 0 unspecified atom stereocenters. The van der Waals surface area contributed by atoms with E-state index in [0.29, 0.717) is 12.2 Å². The topological polar surface area (TPSA) is 48.7 Å². The molecule has 158 valence electrons. The number of ether oxygens (including phenoxy) is 2. The van der Waals surface area contributed by atoms with E-state index in [2.05, 4.69) is 14.9 Å². The standard InChI is InChI=1S/C22H22F3N3O2/c1-13-18(8-9-28-20(10-14-6-7-14)26-27-21(13)28)29-12-15-11-17(15)16-4-2-3-5-19(16)30-22(23,24)25/h2-5,8-9,14-15,17H,6-7,10-12H2,1H3/t15-,17+/m1/s1. The number of alkyl halides is 3. The monoisotopic (exact) mass is 417 g/mol. The molecule has 0 spiro atoms. The average Bonchev–Trinajstić information content (AvgIpc) is 3.60. The number of para-hydroxylation sites is 1. The van der Waals surface area contributed by atoms with Crippen LogP contribution >= 0.6 is 0 Å². The van der Waals surface area contributed by atoms with Crippen LogP contribution < -0.4 is 9.47 Å². The van der Waals surface area contributed by atoms with Crippen LogP contribution in [0, 0.1) is 18.8 Å². The molecule has 2 aliphatic rings. The highest BCUT2D eigenvalue weighted by Crippen LogP contribution is 2.51. The summed E-state index contributed by atoms with van der Waals surface area (Å²) in [7, 11) is 0. The van der Waals surface area contributed by atoms with Gasteiger partial charge in [0.1, 0.15) is 17.3 Å². The summed E-state index contributed by atoms with van der Waals surface area (Å²) in [5.74, 6) is 2.48. The largest absolute Gasteiger partial charge is 0.573 e. The SMILES string of the molecule is Cc1c(OC[C@H]2C[C@@H]2c2ccccc2OC(F)(F)F)ccn2c(CC3CC3)nnc12. The molecule has 0 saturated heterocycles. The minimum atomic E-state index is -4.69. The molecule has 2 atom stereocenters. The minimum Gasteiger partial charge on any atom is -0.493 e. The van der Waals surface area contributed by atoms with Crippen LogP contribution in [0.15, 0.2) is 36.5 Å². The van der Waals surface area contributed by atoms with E-state index >= 15 is 0 Å². The van der Waals surface area contributed by atoms with Gasteiger partial charge in [-0.25, -0.2) is 0 Å². The maximum absolute atomic E-state index is 12.7. The molecule has 3 aromatic rings. The fourth-order valence-corrected chi connectivity index (χ4v) is 4.00. The van der Waals surface area contributed by atoms with Gasteiger partial charge >= 0.3 is 6.36 Å². The lowest BCUT2D eigenvalue weighted by atomic mass is 10.1. The van der Waals surface area contributed by atoms with E-state index in [4.69, 9.17) is 4.74 Å². The lowest BCUT2D eigenvalue weighted by Gasteiger charge is -2.13. The summed E-state index contributed by atoms with van der Waals surface area (Å²) in [6.07, 6.45) is 1.48. The zero-order chi connectivity index (χ0) is 20.9. The van der Waals surface area contributed by atoms with E-state index < -0.39 is 6.36 Å².